The lowest BCUT2D eigenvalue weighted by molar-refractivity contribution is 0.398. The van der Waals surface area contributed by atoms with Crippen LogP contribution in [0, 0.1) is 0 Å². The van der Waals surface area contributed by atoms with Gasteiger partial charge >= 0.3 is 0 Å². The van der Waals surface area contributed by atoms with Crippen LogP contribution in [0.5, 0.6) is 5.75 Å². The molecular formula is C16H20N2O4S. The van der Waals surface area contributed by atoms with Crippen molar-refractivity contribution in [2.24, 2.45) is 0 Å². The third-order valence-corrected chi connectivity index (χ3v) is 5.83. The number of furan rings is 1. The number of nitrogens with one attached hydrogen (secondary N) is 1. The van der Waals surface area contributed by atoms with Crippen LogP contribution in [-0.4, -0.2) is 32.9 Å². The Balaban J connectivity index is 1.81. The predicted molar refractivity (Wildman–Crippen MR) is 87.0 cm³/mol. The summed E-state index contributed by atoms with van der Waals surface area (Å²) in [5.74, 6) is 1.15. The van der Waals surface area contributed by atoms with Crippen LogP contribution in [0.2, 0.25) is 0 Å². The molecule has 7 heteroatoms. The highest BCUT2D eigenvalue weighted by atomic mass is 32.2. The molecule has 0 aliphatic carbocycles. The van der Waals surface area contributed by atoms with Gasteiger partial charge in [-0.15, -0.1) is 0 Å². The smallest absolute Gasteiger partial charge is 0.246 e. The van der Waals surface area contributed by atoms with E-state index in [0.717, 1.165) is 24.3 Å². The summed E-state index contributed by atoms with van der Waals surface area (Å²) in [6.45, 7) is 1.67. The van der Waals surface area contributed by atoms with Crippen LogP contribution in [0.3, 0.4) is 0 Å². The van der Waals surface area contributed by atoms with Crippen LogP contribution in [0.4, 0.5) is 5.69 Å². The van der Waals surface area contributed by atoms with E-state index in [1.165, 1.54) is 11.4 Å². The minimum Gasteiger partial charge on any atom is -0.495 e. The number of anilines is 1. The lowest BCUT2D eigenvalue weighted by Gasteiger charge is -2.18. The van der Waals surface area contributed by atoms with Crippen molar-refractivity contribution in [3.63, 3.8) is 0 Å². The second-order valence-electron chi connectivity index (χ2n) is 5.41. The average molecular weight is 336 g/mol. The van der Waals surface area contributed by atoms with Crippen molar-refractivity contribution in [1.82, 2.24) is 4.31 Å². The summed E-state index contributed by atoms with van der Waals surface area (Å²) in [5, 5.41) is 3.19. The Morgan fingerprint density at radius 1 is 1.26 bits per heavy atom. The van der Waals surface area contributed by atoms with Gasteiger partial charge in [0.1, 0.15) is 16.4 Å². The molecule has 6 nitrogen and oxygen atoms in total. The fourth-order valence-corrected chi connectivity index (χ4v) is 4.31. The first kappa shape index (κ1) is 15.9. The monoisotopic (exact) mass is 336 g/mol. The zero-order valence-corrected chi connectivity index (χ0v) is 13.8. The van der Waals surface area contributed by atoms with Crippen molar-refractivity contribution in [3.05, 3.63) is 42.4 Å². The van der Waals surface area contributed by atoms with Gasteiger partial charge in [0.05, 0.1) is 19.9 Å². The molecule has 2 aromatic rings. The highest BCUT2D eigenvalue weighted by Crippen LogP contribution is 2.31. The molecule has 1 aliphatic heterocycles. The minimum atomic E-state index is -3.49. The molecule has 0 atom stereocenters. The van der Waals surface area contributed by atoms with Gasteiger partial charge in [0.25, 0.3) is 0 Å². The Kier molecular flexibility index (Phi) is 4.58. The maximum absolute atomic E-state index is 12.7. The average Bonchev–Trinajstić information content (AvgIpc) is 3.25. The van der Waals surface area contributed by atoms with E-state index in [1.807, 2.05) is 12.1 Å². The Labute approximate surface area is 136 Å². The van der Waals surface area contributed by atoms with Crippen LogP contribution in [0.25, 0.3) is 0 Å². The van der Waals surface area contributed by atoms with Crippen molar-refractivity contribution in [2.45, 2.75) is 24.3 Å². The van der Waals surface area contributed by atoms with Gasteiger partial charge in [-0.05, 0) is 37.1 Å². The number of ether oxygens (including phenoxy) is 1. The van der Waals surface area contributed by atoms with Crippen molar-refractivity contribution >= 4 is 15.7 Å². The number of nitrogens with zero attached hydrogens (tertiary/aromatic N) is 1. The SMILES string of the molecule is COc1cc(NCc2ccco2)ccc1S(=O)(=O)N1CCCC1. The number of sulfonamides is 1. The molecule has 1 aromatic heterocycles. The summed E-state index contributed by atoms with van der Waals surface area (Å²) in [6, 6.07) is 8.73. The summed E-state index contributed by atoms with van der Waals surface area (Å²) in [7, 11) is -2.01. The molecule has 0 unspecified atom stereocenters. The Morgan fingerprint density at radius 3 is 2.70 bits per heavy atom. The van der Waals surface area contributed by atoms with Gasteiger partial charge in [-0.3, -0.25) is 0 Å². The van der Waals surface area contributed by atoms with Crippen molar-refractivity contribution in [1.29, 1.82) is 0 Å². The Hall–Kier alpha value is -1.99. The predicted octanol–water partition coefficient (Wildman–Crippen LogP) is 2.68. The molecule has 23 heavy (non-hydrogen) atoms. The second kappa shape index (κ2) is 6.64. The zero-order chi connectivity index (χ0) is 16.3. The number of hydrogen-bond donors (Lipinski definition) is 1. The molecule has 2 heterocycles. The van der Waals surface area contributed by atoms with Gasteiger partial charge in [0.15, 0.2) is 0 Å². The molecular weight excluding hydrogens is 316 g/mol. The summed E-state index contributed by atoms with van der Waals surface area (Å²) < 4.78 is 37.4. The largest absolute Gasteiger partial charge is 0.495 e. The molecule has 0 spiro atoms. The zero-order valence-electron chi connectivity index (χ0n) is 13.0. The molecule has 0 radical (unpaired) electrons. The molecule has 3 rings (SSSR count). The maximum atomic E-state index is 12.7. The number of hydrogen-bond acceptors (Lipinski definition) is 5. The van der Waals surface area contributed by atoms with E-state index in [9.17, 15) is 8.42 Å². The number of rotatable bonds is 6. The van der Waals surface area contributed by atoms with E-state index < -0.39 is 10.0 Å². The molecule has 0 bridgehead atoms. The highest BCUT2D eigenvalue weighted by molar-refractivity contribution is 7.89. The van der Waals surface area contributed by atoms with Crippen molar-refractivity contribution in [3.8, 4) is 5.75 Å². The fourth-order valence-electron chi connectivity index (χ4n) is 2.66. The van der Waals surface area contributed by atoms with E-state index in [0.29, 0.717) is 25.4 Å². The molecule has 1 aromatic carbocycles. The summed E-state index contributed by atoms with van der Waals surface area (Å²) in [4.78, 5) is 0.213. The molecule has 124 valence electrons. The summed E-state index contributed by atoms with van der Waals surface area (Å²) in [6.07, 6.45) is 3.43. The first-order valence-corrected chi connectivity index (χ1v) is 9.00. The molecule has 0 amide bonds. The second-order valence-corrected chi connectivity index (χ2v) is 7.32. The first-order chi connectivity index (χ1) is 11.1. The molecule has 1 aliphatic rings. The standard InChI is InChI=1S/C16H20N2O4S/c1-21-15-11-13(17-12-14-5-4-10-22-14)6-7-16(15)23(19,20)18-8-2-3-9-18/h4-7,10-11,17H,2-3,8-9,12H2,1H3. The van der Waals surface area contributed by atoms with Gasteiger partial charge in [0, 0.05) is 24.8 Å². The lowest BCUT2D eigenvalue weighted by atomic mass is 10.3. The third-order valence-electron chi connectivity index (χ3n) is 3.89. The van der Waals surface area contributed by atoms with Crippen molar-refractivity contribution < 1.29 is 17.6 Å². The number of methoxy groups -OCH3 is 1. The molecule has 1 N–H and O–H groups in total. The summed E-state index contributed by atoms with van der Waals surface area (Å²) >= 11 is 0. The van der Waals surface area contributed by atoms with Crippen LogP contribution in [0.15, 0.2) is 45.9 Å². The van der Waals surface area contributed by atoms with Gasteiger partial charge in [-0.2, -0.15) is 4.31 Å². The third kappa shape index (κ3) is 3.35. The van der Waals surface area contributed by atoms with Crippen LogP contribution in [0.1, 0.15) is 18.6 Å². The lowest BCUT2D eigenvalue weighted by Crippen LogP contribution is -2.28. The Bertz CT molecular complexity index is 750. The molecule has 1 saturated heterocycles. The van der Waals surface area contributed by atoms with E-state index >= 15 is 0 Å². The quantitative estimate of drug-likeness (QED) is 0.878. The van der Waals surface area contributed by atoms with Crippen LogP contribution >= 0.6 is 0 Å². The van der Waals surface area contributed by atoms with Crippen LogP contribution in [-0.2, 0) is 16.6 Å². The van der Waals surface area contributed by atoms with E-state index in [4.69, 9.17) is 9.15 Å². The van der Waals surface area contributed by atoms with Crippen molar-refractivity contribution in [2.75, 3.05) is 25.5 Å². The van der Waals surface area contributed by atoms with Crippen LogP contribution < -0.4 is 10.1 Å². The van der Waals surface area contributed by atoms with E-state index in [-0.39, 0.29) is 4.90 Å². The van der Waals surface area contributed by atoms with E-state index in [1.54, 1.807) is 24.5 Å². The van der Waals surface area contributed by atoms with Gasteiger partial charge < -0.3 is 14.5 Å². The fraction of sp³-hybridized carbons (Fsp3) is 0.375. The van der Waals surface area contributed by atoms with Gasteiger partial charge in [-0.25, -0.2) is 8.42 Å². The topological polar surface area (TPSA) is 71.8 Å². The number of benzene rings is 1. The normalized spacial score (nSPS) is 15.7. The van der Waals surface area contributed by atoms with Gasteiger partial charge in [0.2, 0.25) is 10.0 Å². The van der Waals surface area contributed by atoms with Gasteiger partial charge in [-0.1, -0.05) is 0 Å². The summed E-state index contributed by atoms with van der Waals surface area (Å²) in [5.41, 5.74) is 0.777. The molecule has 0 saturated carbocycles. The minimum absolute atomic E-state index is 0.213. The first-order valence-electron chi connectivity index (χ1n) is 7.56. The molecule has 1 fully saturated rings. The maximum Gasteiger partial charge on any atom is 0.246 e. The van der Waals surface area contributed by atoms with E-state index in [2.05, 4.69) is 5.32 Å². The highest BCUT2D eigenvalue weighted by Gasteiger charge is 2.29. The Morgan fingerprint density at radius 2 is 2.04 bits per heavy atom.